The van der Waals surface area contributed by atoms with Gasteiger partial charge in [0.1, 0.15) is 5.71 Å². The molecule has 4 rings (SSSR count). The van der Waals surface area contributed by atoms with Crippen LogP contribution in [0.15, 0.2) is 78.0 Å². The van der Waals surface area contributed by atoms with Crippen molar-refractivity contribution in [2.75, 3.05) is 19.0 Å². The maximum absolute atomic E-state index is 12.2. The molecule has 0 radical (unpaired) electrons. The van der Waals surface area contributed by atoms with Gasteiger partial charge < -0.3 is 15.5 Å². The van der Waals surface area contributed by atoms with Crippen LogP contribution in [0.5, 0.6) is 0 Å². The number of amides is 2. The maximum Gasteiger partial charge on any atom is 0.265 e. The summed E-state index contributed by atoms with van der Waals surface area (Å²) in [6.07, 6.45) is 0. The fraction of sp³-hybridized carbons (Fsp3) is 0.0870. The lowest BCUT2D eigenvalue weighted by Gasteiger charge is -2.06. The quantitative estimate of drug-likeness (QED) is 0.517. The van der Waals surface area contributed by atoms with Crippen LogP contribution in [0.4, 0.5) is 5.69 Å². The molecule has 0 heterocycles. The smallest absolute Gasteiger partial charge is 0.265 e. The average molecular weight is 385 g/mol. The molecule has 0 unspecified atom stereocenters. The van der Waals surface area contributed by atoms with Crippen LogP contribution in [-0.4, -0.2) is 31.2 Å². The molecule has 0 aliphatic heterocycles. The van der Waals surface area contributed by atoms with Crippen molar-refractivity contribution >= 4 is 23.2 Å². The molecule has 3 aromatic rings. The third kappa shape index (κ3) is 3.73. The Morgan fingerprint density at radius 2 is 1.38 bits per heavy atom. The minimum absolute atomic E-state index is 0.181. The summed E-state index contributed by atoms with van der Waals surface area (Å²) in [4.78, 5) is 29.1. The first-order valence-corrected chi connectivity index (χ1v) is 9.18. The molecule has 0 aromatic heterocycles. The number of hydrogen-bond donors (Lipinski definition) is 2. The lowest BCUT2D eigenvalue weighted by atomic mass is 10.1. The zero-order valence-corrected chi connectivity index (χ0v) is 15.8. The van der Waals surface area contributed by atoms with E-state index in [0.29, 0.717) is 11.3 Å². The molecule has 144 valence electrons. The summed E-state index contributed by atoms with van der Waals surface area (Å²) in [6, 6.07) is 22.6. The van der Waals surface area contributed by atoms with Crippen molar-refractivity contribution in [3.8, 4) is 11.1 Å². The Balaban J connectivity index is 1.43. The van der Waals surface area contributed by atoms with Gasteiger partial charge in [0, 0.05) is 29.4 Å². The van der Waals surface area contributed by atoms with E-state index in [-0.39, 0.29) is 18.4 Å². The van der Waals surface area contributed by atoms with Crippen molar-refractivity contribution in [3.63, 3.8) is 0 Å². The van der Waals surface area contributed by atoms with Gasteiger partial charge in [-0.25, -0.2) is 0 Å². The second kappa shape index (κ2) is 7.98. The van der Waals surface area contributed by atoms with Crippen molar-refractivity contribution in [1.29, 1.82) is 0 Å². The Morgan fingerprint density at radius 1 is 0.828 bits per heavy atom. The Labute approximate surface area is 168 Å². The number of carbonyl (C=O) groups excluding carboxylic acids is 2. The molecule has 29 heavy (non-hydrogen) atoms. The monoisotopic (exact) mass is 385 g/mol. The standard InChI is InChI=1S/C23H19N3O3/c1-24-23(28)15-10-12-16(13-11-15)25-21(27)14-29-26-22-19-8-4-2-6-17(19)18-7-3-5-9-20(18)22/h2-13H,14H2,1H3,(H,24,28)(H,25,27). The number of rotatable bonds is 5. The van der Waals surface area contributed by atoms with Gasteiger partial charge in [0.25, 0.3) is 11.8 Å². The van der Waals surface area contributed by atoms with E-state index in [1.807, 2.05) is 48.5 Å². The molecule has 0 saturated carbocycles. The topological polar surface area (TPSA) is 79.8 Å². The highest BCUT2D eigenvalue weighted by molar-refractivity contribution is 6.24. The Kier molecular flexibility index (Phi) is 5.07. The SMILES string of the molecule is CNC(=O)c1ccc(NC(=O)CON=C2c3ccccc3-c3ccccc32)cc1. The molecule has 6 nitrogen and oxygen atoms in total. The van der Waals surface area contributed by atoms with E-state index >= 15 is 0 Å². The number of nitrogens with zero attached hydrogens (tertiary/aromatic N) is 1. The van der Waals surface area contributed by atoms with Gasteiger partial charge in [-0.1, -0.05) is 53.7 Å². The first kappa shape index (κ1) is 18.4. The van der Waals surface area contributed by atoms with Crippen molar-refractivity contribution in [2.24, 2.45) is 5.16 Å². The molecule has 1 aliphatic carbocycles. The number of hydrogen-bond acceptors (Lipinski definition) is 4. The normalized spacial score (nSPS) is 11.3. The van der Waals surface area contributed by atoms with Gasteiger partial charge in [0.05, 0.1) is 0 Å². The number of carbonyl (C=O) groups is 2. The fourth-order valence-corrected chi connectivity index (χ4v) is 3.29. The van der Waals surface area contributed by atoms with E-state index in [2.05, 4.69) is 15.8 Å². The van der Waals surface area contributed by atoms with E-state index in [9.17, 15) is 9.59 Å². The van der Waals surface area contributed by atoms with Crippen LogP contribution in [0, 0.1) is 0 Å². The maximum atomic E-state index is 12.2. The summed E-state index contributed by atoms with van der Waals surface area (Å²) in [5.74, 6) is -0.513. The predicted molar refractivity (Wildman–Crippen MR) is 112 cm³/mol. The molecular formula is C23H19N3O3. The molecule has 1 aliphatic rings. The third-order valence-corrected chi connectivity index (χ3v) is 4.66. The molecule has 2 N–H and O–H groups in total. The summed E-state index contributed by atoms with van der Waals surface area (Å²) in [7, 11) is 1.57. The highest BCUT2D eigenvalue weighted by Crippen LogP contribution is 2.36. The number of fused-ring (bicyclic) bond motifs is 3. The van der Waals surface area contributed by atoms with Gasteiger partial charge in [-0.05, 0) is 35.4 Å². The van der Waals surface area contributed by atoms with Crippen LogP contribution in [0.3, 0.4) is 0 Å². The zero-order valence-electron chi connectivity index (χ0n) is 15.8. The van der Waals surface area contributed by atoms with Crippen molar-refractivity contribution in [1.82, 2.24) is 5.32 Å². The molecule has 3 aromatic carbocycles. The van der Waals surface area contributed by atoms with E-state index in [1.165, 1.54) is 0 Å². The van der Waals surface area contributed by atoms with Gasteiger partial charge in [-0.15, -0.1) is 0 Å². The summed E-state index contributed by atoms with van der Waals surface area (Å²) in [6.45, 7) is -0.217. The molecule has 2 amide bonds. The van der Waals surface area contributed by atoms with Gasteiger partial charge >= 0.3 is 0 Å². The minimum Gasteiger partial charge on any atom is -0.385 e. The second-order valence-electron chi connectivity index (χ2n) is 6.51. The van der Waals surface area contributed by atoms with E-state index in [4.69, 9.17) is 4.84 Å². The number of benzene rings is 3. The fourth-order valence-electron chi connectivity index (χ4n) is 3.29. The van der Waals surface area contributed by atoms with Gasteiger partial charge in [-0.3, -0.25) is 9.59 Å². The van der Waals surface area contributed by atoms with Crippen LogP contribution >= 0.6 is 0 Å². The van der Waals surface area contributed by atoms with Gasteiger partial charge in [0.2, 0.25) is 0 Å². The number of anilines is 1. The second-order valence-corrected chi connectivity index (χ2v) is 6.51. The highest BCUT2D eigenvalue weighted by atomic mass is 16.6. The molecule has 0 fully saturated rings. The highest BCUT2D eigenvalue weighted by Gasteiger charge is 2.24. The molecule has 0 spiro atoms. The van der Waals surface area contributed by atoms with Crippen molar-refractivity contribution < 1.29 is 14.4 Å². The average Bonchev–Trinajstić information content (AvgIpc) is 3.08. The molecule has 0 atom stereocenters. The number of oxime groups is 1. The lowest BCUT2D eigenvalue weighted by molar-refractivity contribution is -0.120. The van der Waals surface area contributed by atoms with Gasteiger partial charge in [-0.2, -0.15) is 0 Å². The Hall–Kier alpha value is -3.93. The first-order chi connectivity index (χ1) is 14.2. The lowest BCUT2D eigenvalue weighted by Crippen LogP contribution is -2.19. The summed E-state index contributed by atoms with van der Waals surface area (Å²) < 4.78 is 0. The van der Waals surface area contributed by atoms with E-state index in [1.54, 1.807) is 31.3 Å². The number of nitrogens with one attached hydrogen (secondary N) is 2. The van der Waals surface area contributed by atoms with Crippen LogP contribution in [0.1, 0.15) is 21.5 Å². The summed E-state index contributed by atoms with van der Waals surface area (Å²) >= 11 is 0. The van der Waals surface area contributed by atoms with E-state index < -0.39 is 0 Å². The van der Waals surface area contributed by atoms with Crippen molar-refractivity contribution in [3.05, 3.63) is 89.5 Å². The zero-order chi connectivity index (χ0) is 20.2. The largest absolute Gasteiger partial charge is 0.385 e. The molecule has 0 bridgehead atoms. The van der Waals surface area contributed by atoms with Crippen LogP contribution in [0.25, 0.3) is 11.1 Å². The minimum atomic E-state index is -0.332. The predicted octanol–water partition coefficient (Wildman–Crippen LogP) is 3.43. The van der Waals surface area contributed by atoms with Crippen LogP contribution in [-0.2, 0) is 9.63 Å². The van der Waals surface area contributed by atoms with E-state index in [0.717, 1.165) is 28.0 Å². The van der Waals surface area contributed by atoms with Crippen LogP contribution < -0.4 is 10.6 Å². The van der Waals surface area contributed by atoms with Crippen molar-refractivity contribution in [2.45, 2.75) is 0 Å². The van der Waals surface area contributed by atoms with Gasteiger partial charge in [0.15, 0.2) is 6.61 Å². The van der Waals surface area contributed by atoms with Crippen LogP contribution in [0.2, 0.25) is 0 Å². The summed E-state index contributed by atoms with van der Waals surface area (Å²) in [5.41, 5.74) is 6.00. The summed E-state index contributed by atoms with van der Waals surface area (Å²) in [5, 5.41) is 9.51. The molecule has 0 saturated heterocycles. The third-order valence-electron chi connectivity index (χ3n) is 4.66. The Bertz CT molecular complexity index is 1060. The Morgan fingerprint density at radius 3 is 1.93 bits per heavy atom. The molecule has 6 heteroatoms. The molecular weight excluding hydrogens is 366 g/mol. The first-order valence-electron chi connectivity index (χ1n) is 9.18.